The van der Waals surface area contributed by atoms with Gasteiger partial charge in [0.15, 0.2) is 0 Å². The van der Waals surface area contributed by atoms with Crippen molar-refractivity contribution in [2.75, 3.05) is 31.9 Å². The molecule has 4 heterocycles. The van der Waals surface area contributed by atoms with Gasteiger partial charge in [0.2, 0.25) is 0 Å². The number of hydrogen-bond acceptors (Lipinski definition) is 6. The number of likely N-dealkylation sites (tertiary alicyclic amines) is 2. The number of aryl methyl sites for hydroxylation is 1. The highest BCUT2D eigenvalue weighted by Gasteiger charge is 2.31. The number of carboxylic acid groups (broad SMARTS) is 1. The van der Waals surface area contributed by atoms with Crippen LogP contribution in [0.2, 0.25) is 0 Å². The summed E-state index contributed by atoms with van der Waals surface area (Å²) in [6, 6.07) is 5.26. The molecule has 0 bridgehead atoms. The Hall–Kier alpha value is -2.94. The minimum absolute atomic E-state index is 0.0111. The van der Waals surface area contributed by atoms with Crippen molar-refractivity contribution >= 4 is 18.2 Å². The molecule has 0 aliphatic carbocycles. The topological polar surface area (TPSA) is 118 Å². The van der Waals surface area contributed by atoms with Crippen molar-refractivity contribution in [1.29, 1.82) is 0 Å². The highest BCUT2D eigenvalue weighted by molar-refractivity contribution is 5.92. The largest absolute Gasteiger partial charge is 0.483 e. The third kappa shape index (κ3) is 6.27. The molecule has 2 aromatic heterocycles. The Kier molecular flexibility index (Phi) is 8.00. The number of rotatable bonds is 4. The van der Waals surface area contributed by atoms with Crippen LogP contribution in [0, 0.1) is 11.8 Å². The zero-order chi connectivity index (χ0) is 22.2. The number of carbonyl (C=O) groups excluding carboxylic acids is 1. The summed E-state index contributed by atoms with van der Waals surface area (Å²) in [5.41, 5.74) is 7.47. The Morgan fingerprint density at radius 1 is 1.16 bits per heavy atom. The summed E-state index contributed by atoms with van der Waals surface area (Å²) in [6.07, 6.45) is 8.79. The van der Waals surface area contributed by atoms with Crippen LogP contribution in [0.15, 0.2) is 30.6 Å². The minimum atomic E-state index is -0.250. The van der Waals surface area contributed by atoms with Crippen molar-refractivity contribution in [2.24, 2.45) is 18.9 Å². The fourth-order valence-electron chi connectivity index (χ4n) is 4.70. The van der Waals surface area contributed by atoms with Crippen molar-refractivity contribution in [1.82, 2.24) is 24.6 Å². The van der Waals surface area contributed by atoms with E-state index in [0.717, 1.165) is 57.4 Å². The molecule has 2 fully saturated rings. The second kappa shape index (κ2) is 10.9. The molecule has 2 aliphatic heterocycles. The van der Waals surface area contributed by atoms with Gasteiger partial charge in [-0.05, 0) is 62.7 Å². The summed E-state index contributed by atoms with van der Waals surface area (Å²) in [5, 5.41) is 11.2. The molecule has 0 aromatic carbocycles. The van der Waals surface area contributed by atoms with Gasteiger partial charge in [-0.1, -0.05) is 6.07 Å². The molecule has 2 aliphatic rings. The zero-order valence-electron chi connectivity index (χ0n) is 18.1. The number of hydrogen-bond donors (Lipinski definition) is 2. The highest BCUT2D eigenvalue weighted by Crippen LogP contribution is 2.33. The van der Waals surface area contributed by atoms with Crippen molar-refractivity contribution in [3.63, 3.8) is 0 Å². The number of nitrogen functional groups attached to an aromatic ring is 1. The Balaban J connectivity index is 0.000000858. The van der Waals surface area contributed by atoms with Crippen LogP contribution in [0.1, 0.15) is 41.7 Å². The number of carbonyl (C=O) groups is 2. The van der Waals surface area contributed by atoms with Crippen LogP contribution in [0.5, 0.6) is 0 Å². The maximum atomic E-state index is 12.6. The van der Waals surface area contributed by atoms with Gasteiger partial charge in [-0.3, -0.25) is 19.2 Å². The average Bonchev–Trinajstić information content (AvgIpc) is 3.19. The molecule has 0 saturated carbocycles. The quantitative estimate of drug-likeness (QED) is 0.714. The van der Waals surface area contributed by atoms with Gasteiger partial charge in [0.05, 0.1) is 6.20 Å². The smallest absolute Gasteiger partial charge is 0.290 e. The van der Waals surface area contributed by atoms with Gasteiger partial charge in [0, 0.05) is 38.4 Å². The number of aromatic nitrogens is 3. The molecule has 9 heteroatoms. The Morgan fingerprint density at radius 3 is 2.32 bits per heavy atom. The Morgan fingerprint density at radius 2 is 1.77 bits per heavy atom. The number of anilines is 1. The molecule has 2 aromatic rings. The number of nitrogens with two attached hydrogens (primary N) is 1. The van der Waals surface area contributed by atoms with E-state index in [9.17, 15) is 4.79 Å². The van der Waals surface area contributed by atoms with Crippen LogP contribution in [0.3, 0.4) is 0 Å². The van der Waals surface area contributed by atoms with E-state index in [-0.39, 0.29) is 12.4 Å². The Labute approximate surface area is 182 Å². The molecule has 0 unspecified atom stereocenters. The van der Waals surface area contributed by atoms with E-state index < -0.39 is 0 Å². The van der Waals surface area contributed by atoms with Crippen molar-refractivity contribution < 1.29 is 14.7 Å². The minimum Gasteiger partial charge on any atom is -0.483 e. The van der Waals surface area contributed by atoms with Crippen molar-refractivity contribution in [3.8, 4) is 0 Å². The fraction of sp³-hybridized carbons (Fsp3) is 0.545. The molecule has 4 rings (SSSR count). The lowest BCUT2D eigenvalue weighted by molar-refractivity contribution is -0.122. The monoisotopic (exact) mass is 428 g/mol. The first kappa shape index (κ1) is 22.7. The van der Waals surface area contributed by atoms with E-state index in [1.807, 2.05) is 22.8 Å². The fourth-order valence-corrected chi connectivity index (χ4v) is 4.70. The van der Waals surface area contributed by atoms with Crippen LogP contribution >= 0.6 is 0 Å². The summed E-state index contributed by atoms with van der Waals surface area (Å²) in [4.78, 5) is 29.7. The van der Waals surface area contributed by atoms with E-state index in [2.05, 4.69) is 21.2 Å². The molecule has 0 spiro atoms. The van der Waals surface area contributed by atoms with E-state index >= 15 is 0 Å². The molecule has 1 amide bonds. The lowest BCUT2D eigenvalue weighted by Crippen LogP contribution is -2.42. The second-order valence-corrected chi connectivity index (χ2v) is 8.32. The third-order valence-corrected chi connectivity index (χ3v) is 6.28. The average molecular weight is 429 g/mol. The van der Waals surface area contributed by atoms with Crippen LogP contribution in [-0.4, -0.2) is 68.2 Å². The van der Waals surface area contributed by atoms with E-state index in [4.69, 9.17) is 15.6 Å². The Bertz CT molecular complexity index is 854. The van der Waals surface area contributed by atoms with Crippen LogP contribution in [0.4, 0.5) is 5.82 Å². The predicted molar refractivity (Wildman–Crippen MR) is 117 cm³/mol. The summed E-state index contributed by atoms with van der Waals surface area (Å²) >= 11 is 0. The van der Waals surface area contributed by atoms with Crippen LogP contribution in [-0.2, 0) is 18.4 Å². The molecule has 3 N–H and O–H groups in total. The second-order valence-electron chi connectivity index (χ2n) is 8.32. The summed E-state index contributed by atoms with van der Waals surface area (Å²) < 4.78 is 1.87. The number of nitrogens with zero attached hydrogens (tertiary/aromatic N) is 5. The summed E-state index contributed by atoms with van der Waals surface area (Å²) in [7, 11) is 1.97. The van der Waals surface area contributed by atoms with Gasteiger partial charge in [0.25, 0.3) is 12.4 Å². The van der Waals surface area contributed by atoms with E-state index in [1.54, 1.807) is 18.2 Å². The first-order valence-corrected chi connectivity index (χ1v) is 10.8. The molecule has 2 saturated heterocycles. The van der Waals surface area contributed by atoms with Crippen molar-refractivity contribution in [2.45, 2.75) is 32.2 Å². The van der Waals surface area contributed by atoms with Gasteiger partial charge in [-0.25, -0.2) is 4.98 Å². The summed E-state index contributed by atoms with van der Waals surface area (Å²) in [5.74, 6) is 1.93. The predicted octanol–water partition coefficient (Wildman–Crippen LogP) is 1.86. The summed E-state index contributed by atoms with van der Waals surface area (Å²) in [6.45, 7) is 4.73. The highest BCUT2D eigenvalue weighted by atomic mass is 16.3. The van der Waals surface area contributed by atoms with Gasteiger partial charge < -0.3 is 15.7 Å². The number of piperidine rings is 2. The normalized spacial score (nSPS) is 18.3. The SMILES string of the molecule is Cn1cc(CN2CCC(C3CCN(C(=O)c4cccc(N)n4)CC3)CC2)cn1.O=CO. The molecular formula is C22H32N6O3. The van der Waals surface area contributed by atoms with Crippen LogP contribution in [0.25, 0.3) is 0 Å². The molecule has 0 radical (unpaired) electrons. The lowest BCUT2D eigenvalue weighted by atomic mass is 9.78. The third-order valence-electron chi connectivity index (χ3n) is 6.28. The zero-order valence-corrected chi connectivity index (χ0v) is 18.1. The van der Waals surface area contributed by atoms with Crippen LogP contribution < -0.4 is 5.73 Å². The molecular weight excluding hydrogens is 396 g/mol. The van der Waals surface area contributed by atoms with Gasteiger partial charge >= 0.3 is 0 Å². The lowest BCUT2D eigenvalue weighted by Gasteiger charge is -2.40. The number of amides is 1. The maximum Gasteiger partial charge on any atom is 0.290 e. The molecule has 31 heavy (non-hydrogen) atoms. The standard InChI is InChI=1S/C21H30N6O.CH2O2/c1-25-14-16(13-23-25)15-26-9-5-17(6-10-26)18-7-11-27(12-8-18)21(28)19-3-2-4-20(22)24-19;2-1-3/h2-4,13-14,17-18H,5-12,15H2,1H3,(H2,22,24);1H,(H,2,3). The molecule has 168 valence electrons. The molecule has 9 nitrogen and oxygen atoms in total. The van der Waals surface area contributed by atoms with Crippen molar-refractivity contribution in [3.05, 3.63) is 41.9 Å². The van der Waals surface area contributed by atoms with Gasteiger partial charge in [0.1, 0.15) is 11.5 Å². The van der Waals surface area contributed by atoms with E-state index in [0.29, 0.717) is 11.5 Å². The van der Waals surface area contributed by atoms with Gasteiger partial charge in [-0.15, -0.1) is 0 Å². The maximum absolute atomic E-state index is 12.6. The van der Waals surface area contributed by atoms with E-state index in [1.165, 1.54) is 18.4 Å². The molecule has 0 atom stereocenters. The number of pyridine rings is 1. The van der Waals surface area contributed by atoms with Gasteiger partial charge in [-0.2, -0.15) is 5.10 Å². The first-order chi connectivity index (χ1) is 15.0. The first-order valence-electron chi connectivity index (χ1n) is 10.8.